The minimum atomic E-state index is -0.0669. The molecule has 2 aromatic rings. The molecule has 0 radical (unpaired) electrons. The second-order valence-electron chi connectivity index (χ2n) is 6.45. The highest BCUT2D eigenvalue weighted by Crippen LogP contribution is 2.25. The molecule has 4 heteroatoms. The van der Waals surface area contributed by atoms with E-state index in [1.807, 2.05) is 6.07 Å². The third-order valence-electron chi connectivity index (χ3n) is 4.64. The van der Waals surface area contributed by atoms with Gasteiger partial charge in [-0.3, -0.25) is 9.69 Å². The van der Waals surface area contributed by atoms with Crippen molar-refractivity contribution in [2.75, 3.05) is 6.54 Å². The van der Waals surface area contributed by atoms with E-state index in [0.717, 1.165) is 37.2 Å². The summed E-state index contributed by atoms with van der Waals surface area (Å²) in [7, 11) is 0. The van der Waals surface area contributed by atoms with E-state index in [1.54, 1.807) is 6.07 Å². The number of nitrogens with zero attached hydrogens (tertiary/aromatic N) is 2. The molecule has 3 rings (SSSR count). The van der Waals surface area contributed by atoms with Crippen LogP contribution in [0.4, 0.5) is 0 Å². The summed E-state index contributed by atoms with van der Waals surface area (Å²) < 4.78 is 0. The summed E-state index contributed by atoms with van der Waals surface area (Å²) in [5.41, 5.74) is 3.08. The zero-order chi connectivity index (χ0) is 16.2. The lowest BCUT2D eigenvalue weighted by Gasteiger charge is -2.22. The maximum absolute atomic E-state index is 12.0. The van der Waals surface area contributed by atoms with Gasteiger partial charge in [0.2, 0.25) is 0 Å². The Balaban J connectivity index is 1.95. The zero-order valence-electron chi connectivity index (χ0n) is 14.0. The number of hydrogen-bond acceptors (Lipinski definition) is 3. The molecule has 1 aliphatic heterocycles. The van der Waals surface area contributed by atoms with E-state index in [2.05, 4.69) is 46.9 Å². The molecule has 1 N–H and O–H groups in total. The van der Waals surface area contributed by atoms with Crippen LogP contribution >= 0.6 is 0 Å². The van der Waals surface area contributed by atoms with Crippen molar-refractivity contribution in [3.8, 4) is 11.4 Å². The molecule has 122 valence electrons. The largest absolute Gasteiger partial charge is 0.307 e. The number of likely N-dealkylation sites (tertiary alicyclic amines) is 1. The van der Waals surface area contributed by atoms with Crippen molar-refractivity contribution in [3.63, 3.8) is 0 Å². The van der Waals surface area contributed by atoms with Gasteiger partial charge < -0.3 is 4.98 Å². The lowest BCUT2D eigenvalue weighted by molar-refractivity contribution is 0.260. The average molecular weight is 311 g/mol. The van der Waals surface area contributed by atoms with Crippen LogP contribution in [0.3, 0.4) is 0 Å². The first-order valence-electron chi connectivity index (χ1n) is 8.60. The van der Waals surface area contributed by atoms with Crippen LogP contribution in [0.25, 0.3) is 11.4 Å². The van der Waals surface area contributed by atoms with E-state index >= 15 is 0 Å². The number of rotatable bonds is 5. The van der Waals surface area contributed by atoms with Crippen LogP contribution in [0.15, 0.2) is 35.1 Å². The number of H-pyrrole nitrogens is 1. The number of hydrogen-bond donors (Lipinski definition) is 1. The fraction of sp³-hybridized carbons (Fsp3) is 0.474. The quantitative estimate of drug-likeness (QED) is 0.921. The van der Waals surface area contributed by atoms with Crippen LogP contribution in [-0.4, -0.2) is 27.5 Å². The molecular formula is C19H25N3O. The van der Waals surface area contributed by atoms with Gasteiger partial charge in [-0.25, -0.2) is 4.98 Å². The fourth-order valence-corrected chi connectivity index (χ4v) is 3.36. The van der Waals surface area contributed by atoms with Gasteiger partial charge in [-0.1, -0.05) is 37.6 Å². The summed E-state index contributed by atoms with van der Waals surface area (Å²) in [6.45, 7) is 6.46. The summed E-state index contributed by atoms with van der Waals surface area (Å²) in [5, 5.41) is 0. The van der Waals surface area contributed by atoms with Gasteiger partial charge in [0.1, 0.15) is 5.82 Å². The third-order valence-corrected chi connectivity index (χ3v) is 4.64. The highest BCUT2D eigenvalue weighted by molar-refractivity contribution is 5.60. The van der Waals surface area contributed by atoms with Crippen LogP contribution in [-0.2, 0) is 13.0 Å². The van der Waals surface area contributed by atoms with Crippen molar-refractivity contribution in [2.24, 2.45) is 0 Å². The molecule has 1 aromatic carbocycles. The number of nitrogens with one attached hydrogen (secondary N) is 1. The lowest BCUT2D eigenvalue weighted by Crippen LogP contribution is -2.26. The predicted octanol–water partition coefficient (Wildman–Crippen LogP) is 3.37. The summed E-state index contributed by atoms with van der Waals surface area (Å²) in [4.78, 5) is 22.1. The van der Waals surface area contributed by atoms with Crippen molar-refractivity contribution < 1.29 is 0 Å². The summed E-state index contributed by atoms with van der Waals surface area (Å²) in [5.74, 6) is 0.698. The van der Waals surface area contributed by atoms with Gasteiger partial charge in [-0.05, 0) is 38.3 Å². The van der Waals surface area contributed by atoms with Crippen molar-refractivity contribution in [3.05, 3.63) is 51.9 Å². The first-order chi connectivity index (χ1) is 11.2. The van der Waals surface area contributed by atoms with Gasteiger partial charge in [-0.2, -0.15) is 0 Å². The number of aryl methyl sites for hydroxylation is 1. The maximum Gasteiger partial charge on any atom is 0.251 e. The first kappa shape index (κ1) is 15.9. The highest BCUT2D eigenvalue weighted by atomic mass is 16.1. The molecule has 1 fully saturated rings. The topological polar surface area (TPSA) is 49.0 Å². The van der Waals surface area contributed by atoms with Crippen molar-refractivity contribution in [1.29, 1.82) is 0 Å². The Morgan fingerprint density at radius 2 is 2.17 bits per heavy atom. The molecule has 0 saturated carbocycles. The fourth-order valence-electron chi connectivity index (χ4n) is 3.36. The normalized spacial score (nSPS) is 18.4. The van der Waals surface area contributed by atoms with Gasteiger partial charge in [-0.15, -0.1) is 0 Å². The molecule has 2 heterocycles. The highest BCUT2D eigenvalue weighted by Gasteiger charge is 2.21. The molecule has 1 aliphatic rings. The van der Waals surface area contributed by atoms with Crippen LogP contribution in [0.1, 0.15) is 44.4 Å². The monoisotopic (exact) mass is 311 g/mol. The van der Waals surface area contributed by atoms with Crippen molar-refractivity contribution in [1.82, 2.24) is 14.9 Å². The van der Waals surface area contributed by atoms with Gasteiger partial charge in [0, 0.05) is 29.9 Å². The standard InChI is InChI=1S/C19H25N3O/c1-3-7-16-12-18(23)21-19(20-16)17-10-5-4-9-15(17)13-22-11-6-8-14(22)2/h4-5,9-10,12,14H,3,6-8,11,13H2,1-2H3,(H,20,21,23). The van der Waals surface area contributed by atoms with E-state index in [1.165, 1.54) is 18.4 Å². The second kappa shape index (κ2) is 7.09. The van der Waals surface area contributed by atoms with E-state index in [4.69, 9.17) is 0 Å². The van der Waals surface area contributed by atoms with Crippen LogP contribution in [0.5, 0.6) is 0 Å². The van der Waals surface area contributed by atoms with Crippen LogP contribution in [0.2, 0.25) is 0 Å². The van der Waals surface area contributed by atoms with E-state index in [9.17, 15) is 4.79 Å². The van der Waals surface area contributed by atoms with Gasteiger partial charge in [0.15, 0.2) is 0 Å². The van der Waals surface area contributed by atoms with Gasteiger partial charge in [0.25, 0.3) is 5.56 Å². The smallest absolute Gasteiger partial charge is 0.251 e. The van der Waals surface area contributed by atoms with E-state index < -0.39 is 0 Å². The summed E-state index contributed by atoms with van der Waals surface area (Å²) >= 11 is 0. The van der Waals surface area contributed by atoms with Crippen LogP contribution < -0.4 is 5.56 Å². The molecule has 0 bridgehead atoms. The molecule has 0 spiro atoms. The molecule has 1 atom stereocenters. The van der Waals surface area contributed by atoms with Crippen molar-refractivity contribution >= 4 is 0 Å². The second-order valence-corrected chi connectivity index (χ2v) is 6.45. The zero-order valence-corrected chi connectivity index (χ0v) is 14.0. The average Bonchev–Trinajstić information content (AvgIpc) is 2.93. The Hall–Kier alpha value is -1.94. The Morgan fingerprint density at radius 1 is 1.35 bits per heavy atom. The SMILES string of the molecule is CCCc1cc(=O)[nH]c(-c2ccccc2CN2CCCC2C)n1. The van der Waals surface area contributed by atoms with E-state index in [0.29, 0.717) is 11.9 Å². The molecule has 4 nitrogen and oxygen atoms in total. The van der Waals surface area contributed by atoms with Crippen molar-refractivity contribution in [2.45, 2.75) is 52.1 Å². The van der Waals surface area contributed by atoms with Gasteiger partial charge >= 0.3 is 0 Å². The molecule has 0 amide bonds. The first-order valence-corrected chi connectivity index (χ1v) is 8.60. The minimum Gasteiger partial charge on any atom is -0.307 e. The van der Waals surface area contributed by atoms with Gasteiger partial charge in [0.05, 0.1) is 0 Å². The number of benzene rings is 1. The van der Waals surface area contributed by atoms with E-state index in [-0.39, 0.29) is 5.56 Å². The number of aromatic nitrogens is 2. The molecular weight excluding hydrogens is 286 g/mol. The Morgan fingerprint density at radius 3 is 2.91 bits per heavy atom. The molecule has 1 saturated heterocycles. The maximum atomic E-state index is 12.0. The molecule has 23 heavy (non-hydrogen) atoms. The lowest BCUT2D eigenvalue weighted by atomic mass is 10.1. The summed E-state index contributed by atoms with van der Waals surface area (Å²) in [6, 6.07) is 10.5. The molecule has 1 unspecified atom stereocenters. The Kier molecular flexibility index (Phi) is 4.91. The summed E-state index contributed by atoms with van der Waals surface area (Å²) in [6.07, 6.45) is 4.36. The molecule has 1 aromatic heterocycles. The minimum absolute atomic E-state index is 0.0669. The predicted molar refractivity (Wildman–Crippen MR) is 93.4 cm³/mol. The Bertz CT molecular complexity index is 723. The molecule has 0 aliphatic carbocycles. The number of aromatic amines is 1. The van der Waals surface area contributed by atoms with Crippen LogP contribution in [0, 0.1) is 0 Å². The Labute approximate surface area is 137 Å². The third kappa shape index (κ3) is 3.70.